The number of carbonyl (C=O) groups excluding carboxylic acids is 1. The summed E-state index contributed by atoms with van der Waals surface area (Å²) in [4.78, 5) is 20.2. The molecule has 0 unspecified atom stereocenters. The number of fused-ring (bicyclic) bond motifs is 1. The third-order valence-electron chi connectivity index (χ3n) is 5.10. The Morgan fingerprint density at radius 3 is 2.44 bits per heavy atom. The number of nitrogens with one attached hydrogen (secondary N) is 1. The number of hydrogen-bond acceptors (Lipinski definition) is 5. The van der Waals surface area contributed by atoms with E-state index in [0.717, 1.165) is 23.5 Å². The van der Waals surface area contributed by atoms with Crippen molar-refractivity contribution in [1.29, 1.82) is 0 Å². The molecule has 0 aliphatic heterocycles. The molecule has 1 aromatic heterocycles. The SMILES string of the molecule is CCN(CC)c1ccc(-c2nc3cc(NC(=O)CSc4ccc(Cl)cc4)ccc3o2)cc1. The van der Waals surface area contributed by atoms with Gasteiger partial charge in [0, 0.05) is 39.9 Å². The van der Waals surface area contributed by atoms with Crippen molar-refractivity contribution < 1.29 is 9.21 Å². The molecule has 0 saturated heterocycles. The average Bonchev–Trinajstić information content (AvgIpc) is 3.23. The fraction of sp³-hybridized carbons (Fsp3) is 0.200. The minimum atomic E-state index is -0.0833. The van der Waals surface area contributed by atoms with E-state index in [1.165, 1.54) is 17.4 Å². The normalized spacial score (nSPS) is 11.0. The topological polar surface area (TPSA) is 58.4 Å². The largest absolute Gasteiger partial charge is 0.436 e. The van der Waals surface area contributed by atoms with Gasteiger partial charge in [-0.1, -0.05) is 11.6 Å². The lowest BCUT2D eigenvalue weighted by Crippen LogP contribution is -2.21. The third-order valence-corrected chi connectivity index (χ3v) is 6.36. The van der Waals surface area contributed by atoms with Crippen molar-refractivity contribution in [3.8, 4) is 11.5 Å². The summed E-state index contributed by atoms with van der Waals surface area (Å²) in [6, 6.07) is 21.1. The van der Waals surface area contributed by atoms with Gasteiger partial charge >= 0.3 is 0 Å². The van der Waals surface area contributed by atoms with Gasteiger partial charge in [0.15, 0.2) is 5.58 Å². The molecule has 0 atom stereocenters. The van der Waals surface area contributed by atoms with E-state index >= 15 is 0 Å². The number of halogens is 1. The number of rotatable bonds is 8. The smallest absolute Gasteiger partial charge is 0.234 e. The maximum atomic E-state index is 12.3. The highest BCUT2D eigenvalue weighted by molar-refractivity contribution is 8.00. The minimum absolute atomic E-state index is 0.0833. The van der Waals surface area contributed by atoms with Crippen molar-refractivity contribution in [2.45, 2.75) is 18.7 Å². The van der Waals surface area contributed by atoms with Crippen LogP contribution in [0.15, 0.2) is 76.0 Å². The van der Waals surface area contributed by atoms with Gasteiger partial charge in [-0.05, 0) is 80.6 Å². The molecule has 1 amide bonds. The number of carbonyl (C=O) groups is 1. The van der Waals surface area contributed by atoms with Crippen LogP contribution >= 0.6 is 23.4 Å². The van der Waals surface area contributed by atoms with Crippen LogP contribution in [-0.2, 0) is 4.79 Å². The van der Waals surface area contributed by atoms with Crippen LogP contribution in [0.5, 0.6) is 0 Å². The molecular formula is C25H24ClN3O2S. The molecule has 0 fully saturated rings. The summed E-state index contributed by atoms with van der Waals surface area (Å²) in [5.74, 6) is 0.788. The van der Waals surface area contributed by atoms with Gasteiger partial charge in [0.2, 0.25) is 11.8 Å². The Hall–Kier alpha value is -2.96. The number of oxazole rings is 1. The Kier molecular flexibility index (Phi) is 7.02. The highest BCUT2D eigenvalue weighted by Crippen LogP contribution is 2.28. The van der Waals surface area contributed by atoms with E-state index in [2.05, 4.69) is 41.2 Å². The zero-order valence-electron chi connectivity index (χ0n) is 18.0. The van der Waals surface area contributed by atoms with Crippen LogP contribution in [0.1, 0.15) is 13.8 Å². The Morgan fingerprint density at radius 2 is 1.75 bits per heavy atom. The molecule has 3 aromatic carbocycles. The molecule has 0 radical (unpaired) electrons. The number of amides is 1. The van der Waals surface area contributed by atoms with E-state index in [0.29, 0.717) is 33.5 Å². The lowest BCUT2D eigenvalue weighted by atomic mass is 10.2. The number of hydrogen-bond donors (Lipinski definition) is 1. The molecule has 0 bridgehead atoms. The lowest BCUT2D eigenvalue weighted by Gasteiger charge is -2.20. The number of thioether (sulfide) groups is 1. The zero-order chi connectivity index (χ0) is 22.5. The van der Waals surface area contributed by atoms with Gasteiger partial charge in [0.1, 0.15) is 5.52 Å². The molecular weight excluding hydrogens is 442 g/mol. The monoisotopic (exact) mass is 465 g/mol. The van der Waals surface area contributed by atoms with Crippen molar-refractivity contribution in [2.24, 2.45) is 0 Å². The molecule has 4 rings (SSSR count). The summed E-state index contributed by atoms with van der Waals surface area (Å²) < 4.78 is 5.93. The van der Waals surface area contributed by atoms with Crippen LogP contribution in [-0.4, -0.2) is 29.7 Å². The second-order valence-corrected chi connectivity index (χ2v) is 8.70. The average molecular weight is 466 g/mol. The van der Waals surface area contributed by atoms with Crippen LogP contribution in [0.4, 0.5) is 11.4 Å². The van der Waals surface area contributed by atoms with Crippen LogP contribution in [0, 0.1) is 0 Å². The summed E-state index contributed by atoms with van der Waals surface area (Å²) in [6.45, 7) is 6.22. The van der Waals surface area contributed by atoms with E-state index < -0.39 is 0 Å². The van der Waals surface area contributed by atoms with Gasteiger partial charge < -0.3 is 14.6 Å². The molecule has 4 aromatic rings. The van der Waals surface area contributed by atoms with Gasteiger partial charge in [-0.3, -0.25) is 4.79 Å². The fourth-order valence-corrected chi connectivity index (χ4v) is 4.23. The number of aromatic nitrogens is 1. The highest BCUT2D eigenvalue weighted by atomic mass is 35.5. The molecule has 32 heavy (non-hydrogen) atoms. The van der Waals surface area contributed by atoms with E-state index in [9.17, 15) is 4.79 Å². The van der Waals surface area contributed by atoms with E-state index in [4.69, 9.17) is 16.0 Å². The van der Waals surface area contributed by atoms with E-state index in [1.54, 1.807) is 0 Å². The van der Waals surface area contributed by atoms with Crippen molar-refractivity contribution in [2.75, 3.05) is 29.1 Å². The first kappa shape index (κ1) is 22.2. The Bertz CT molecular complexity index is 1200. The molecule has 0 spiro atoms. The summed E-state index contributed by atoms with van der Waals surface area (Å²) in [5, 5.41) is 3.60. The molecule has 0 aliphatic carbocycles. The first-order valence-corrected chi connectivity index (χ1v) is 11.9. The second kappa shape index (κ2) is 10.1. The fourth-order valence-electron chi connectivity index (χ4n) is 3.41. The zero-order valence-corrected chi connectivity index (χ0v) is 19.5. The minimum Gasteiger partial charge on any atom is -0.436 e. The standard InChI is InChI=1S/C25H24ClN3O2S/c1-3-29(4-2)20-10-5-17(6-11-20)25-28-22-15-19(9-14-23(22)31-25)27-24(30)16-32-21-12-7-18(26)8-13-21/h5-15H,3-4,16H2,1-2H3,(H,27,30). The second-order valence-electron chi connectivity index (χ2n) is 7.21. The Labute approximate surface area is 196 Å². The van der Waals surface area contributed by atoms with Gasteiger partial charge in [-0.15, -0.1) is 11.8 Å². The summed E-state index contributed by atoms with van der Waals surface area (Å²) in [6.07, 6.45) is 0. The van der Waals surface area contributed by atoms with Crippen molar-refractivity contribution in [3.05, 3.63) is 71.8 Å². The Balaban J connectivity index is 1.43. The number of nitrogens with zero attached hydrogens (tertiary/aromatic N) is 2. The Morgan fingerprint density at radius 1 is 1.03 bits per heavy atom. The van der Waals surface area contributed by atoms with E-state index in [1.807, 2.05) is 54.6 Å². The maximum Gasteiger partial charge on any atom is 0.234 e. The first-order valence-electron chi connectivity index (χ1n) is 10.5. The number of benzene rings is 3. The van der Waals surface area contributed by atoms with Crippen LogP contribution < -0.4 is 10.2 Å². The number of anilines is 2. The highest BCUT2D eigenvalue weighted by Gasteiger charge is 2.11. The van der Waals surface area contributed by atoms with Crippen molar-refractivity contribution in [3.63, 3.8) is 0 Å². The predicted octanol–water partition coefficient (Wildman–Crippen LogP) is 6.73. The summed E-state index contributed by atoms with van der Waals surface area (Å²) in [7, 11) is 0. The summed E-state index contributed by atoms with van der Waals surface area (Å²) >= 11 is 7.36. The molecule has 7 heteroatoms. The summed E-state index contributed by atoms with van der Waals surface area (Å²) in [5.41, 5.74) is 4.17. The molecule has 1 heterocycles. The predicted molar refractivity (Wildman–Crippen MR) is 134 cm³/mol. The molecule has 0 saturated carbocycles. The van der Waals surface area contributed by atoms with Crippen LogP contribution in [0.25, 0.3) is 22.6 Å². The van der Waals surface area contributed by atoms with Gasteiger partial charge in [0.05, 0.1) is 5.75 Å². The van der Waals surface area contributed by atoms with E-state index in [-0.39, 0.29) is 5.91 Å². The van der Waals surface area contributed by atoms with Crippen LogP contribution in [0.3, 0.4) is 0 Å². The van der Waals surface area contributed by atoms with Crippen molar-refractivity contribution >= 4 is 51.7 Å². The first-order chi connectivity index (χ1) is 15.6. The van der Waals surface area contributed by atoms with Gasteiger partial charge in [-0.2, -0.15) is 0 Å². The molecule has 164 valence electrons. The van der Waals surface area contributed by atoms with Crippen LogP contribution in [0.2, 0.25) is 5.02 Å². The lowest BCUT2D eigenvalue weighted by molar-refractivity contribution is -0.113. The quantitative estimate of drug-likeness (QED) is 0.292. The molecule has 5 nitrogen and oxygen atoms in total. The maximum absolute atomic E-state index is 12.3. The molecule has 1 N–H and O–H groups in total. The van der Waals surface area contributed by atoms with Crippen molar-refractivity contribution in [1.82, 2.24) is 4.98 Å². The van der Waals surface area contributed by atoms with Gasteiger partial charge in [0.25, 0.3) is 0 Å². The van der Waals surface area contributed by atoms with Gasteiger partial charge in [-0.25, -0.2) is 4.98 Å². The third kappa shape index (κ3) is 5.26. The molecule has 0 aliphatic rings.